The number of H-pyrrole nitrogens is 3. The van der Waals surface area contributed by atoms with E-state index in [0.29, 0.717) is 53.9 Å². The van der Waals surface area contributed by atoms with Crippen LogP contribution in [0.4, 0.5) is 22.4 Å². The second-order valence-electron chi connectivity index (χ2n) is 24.6. The molecule has 13 rings (SSSR count). The van der Waals surface area contributed by atoms with Gasteiger partial charge in [0.2, 0.25) is 12.1 Å². The van der Waals surface area contributed by atoms with Crippen molar-refractivity contribution in [1.82, 2.24) is 60.1 Å². The summed E-state index contributed by atoms with van der Waals surface area (Å²) in [5.41, 5.74) is 14.4. The van der Waals surface area contributed by atoms with E-state index < -0.39 is 38.3 Å². The number of aromatic amines is 3. The Kier molecular flexibility index (Phi) is 27.4. The van der Waals surface area contributed by atoms with E-state index in [9.17, 15) is 31.9 Å². The van der Waals surface area contributed by atoms with Crippen molar-refractivity contribution >= 4 is 54.3 Å². The van der Waals surface area contributed by atoms with E-state index in [1.807, 2.05) is 75.4 Å². The number of nitrogens with one attached hydrogen (secondary N) is 4. The predicted molar refractivity (Wildman–Crippen MR) is 385 cm³/mol. The summed E-state index contributed by atoms with van der Waals surface area (Å²) in [5.74, 6) is -1.34. The molecule has 1 atom stereocenters. The Labute approximate surface area is 598 Å². The normalized spacial score (nSPS) is 12.5. The van der Waals surface area contributed by atoms with E-state index in [-0.39, 0.29) is 48.5 Å². The molecule has 0 radical (unpaired) electrons. The number of aliphatic hydroxyl groups is 2. The number of carbonyl (C=O) groups is 3. The number of imidazole rings is 2. The number of rotatable bonds is 16. The van der Waals surface area contributed by atoms with Gasteiger partial charge in [-0.25, -0.2) is 37.0 Å². The third kappa shape index (κ3) is 20.3. The molecule has 1 aliphatic rings. The quantitative estimate of drug-likeness (QED) is 0.0227. The number of Topliss-reactive ketones (excluding diaryl/α,β-unsaturated/α-hetero) is 2. The van der Waals surface area contributed by atoms with Gasteiger partial charge in [0.15, 0.2) is 23.7 Å². The van der Waals surface area contributed by atoms with Crippen LogP contribution in [0.1, 0.15) is 117 Å². The van der Waals surface area contributed by atoms with Crippen molar-refractivity contribution in [3.63, 3.8) is 0 Å². The van der Waals surface area contributed by atoms with Crippen LogP contribution in [-0.4, -0.2) is 129 Å². The first-order chi connectivity index (χ1) is 49.0. The first-order valence-electron chi connectivity index (χ1n) is 32.6. The van der Waals surface area contributed by atoms with E-state index in [2.05, 4.69) is 96.5 Å². The number of hydrogen-bond donors (Lipinski definition) is 6. The number of fused-ring (bicyclic) bond motifs is 2. The fourth-order valence-electron chi connectivity index (χ4n) is 11.1. The van der Waals surface area contributed by atoms with Crippen molar-refractivity contribution < 1.29 is 59.3 Å². The van der Waals surface area contributed by atoms with E-state index in [1.165, 1.54) is 78.7 Å². The predicted octanol–water partition coefficient (Wildman–Crippen LogP) is 15.7. The van der Waals surface area contributed by atoms with E-state index in [1.54, 1.807) is 35.5 Å². The standard InChI is InChI=1S/C35H39FN6O3.C25H23FN6.C8H7FO3.C8H7FO.CH4.O2Se/c1-6-41(34(43)45-35(3,4)5)21-25-18-37-19-28(22(25)2)23-13-14-30-27(17-23)32(40-42(30)31-12-7-8-15-44-31)33-38-20-29(39-33)24-10-9-11-26(36)16-24;1-3-27-11-18-12-28-13-21(15(18)2)16-7-8-22-20(10-16)24(32-31-22)25-29-14-23(30-25)17-5-4-6-19(26)9-17;9-6-3-1-2-5(4-6)7(10)8(11)12;1-6(10)7-3-2-4-8(9)5-7;;1-3-2/h9-11,13-14,16-20,31H,6-8,12,15,21H2,1-5H3,(H,38,39);4-10,12-14,27H,3,11H2,1-2H3,(H,29,30)(H,31,32);1-4,8,11-12H;2-5H,1H3;1H4;. The van der Waals surface area contributed by atoms with Crippen molar-refractivity contribution in [2.24, 2.45) is 0 Å². The van der Waals surface area contributed by atoms with Gasteiger partial charge in [-0.2, -0.15) is 10.2 Å². The van der Waals surface area contributed by atoms with Crippen LogP contribution in [0.25, 0.3) is 89.6 Å². The second kappa shape index (κ2) is 36.2. The van der Waals surface area contributed by atoms with Crippen LogP contribution in [0.5, 0.6) is 0 Å². The van der Waals surface area contributed by atoms with Gasteiger partial charge in [0.25, 0.3) is 0 Å². The fourth-order valence-corrected chi connectivity index (χ4v) is 11.1. The van der Waals surface area contributed by atoms with Crippen molar-refractivity contribution in [1.29, 1.82) is 0 Å². The van der Waals surface area contributed by atoms with Crippen molar-refractivity contribution in [2.45, 2.75) is 113 Å². The zero-order valence-corrected chi connectivity index (χ0v) is 58.9. The summed E-state index contributed by atoms with van der Waals surface area (Å²) in [6, 6.07) is 35.7. The van der Waals surface area contributed by atoms with Crippen LogP contribution in [0.2, 0.25) is 0 Å². The number of halogens is 4. The Balaban J connectivity index is 0.000000199. The van der Waals surface area contributed by atoms with Crippen molar-refractivity contribution in [3.8, 4) is 67.8 Å². The summed E-state index contributed by atoms with van der Waals surface area (Å²) >= 11 is -1.62. The molecule has 26 heteroatoms. The number of pyridine rings is 2. The molecule has 1 fully saturated rings. The van der Waals surface area contributed by atoms with Crippen LogP contribution >= 0.6 is 0 Å². The topological polar surface area (TPSA) is 289 Å². The van der Waals surface area contributed by atoms with Crippen LogP contribution in [0.3, 0.4) is 0 Å². The molecule has 0 saturated carbocycles. The van der Waals surface area contributed by atoms with Gasteiger partial charge in [-0.05, 0) is 180 Å². The summed E-state index contributed by atoms with van der Waals surface area (Å²) in [6.07, 6.45) is 11.3. The molecule has 103 heavy (non-hydrogen) atoms. The molecule has 1 amide bonds. The molecule has 536 valence electrons. The van der Waals surface area contributed by atoms with Crippen molar-refractivity contribution in [2.75, 3.05) is 19.7 Å². The monoisotopic (exact) mass is 1470 g/mol. The minimum absolute atomic E-state index is 0. The number of aromatic nitrogens is 10. The SMILES string of the molecule is C.CC(=O)c1cccc(F)c1.CCN(Cc1cncc(-c2ccc3c(c2)c(-c2ncc(-c4cccc(F)c4)[nH]2)nn3C2CCCCO2)c1C)C(=O)OC(C)(C)C.CCNCc1cncc(-c2ccc3[nH]nc(-c4ncc(-c5cccc(F)c5)[nH]4)c3c2)c1C.O=C(c1cccc(F)c1)C(O)O.O=[Se]=O. The summed E-state index contributed by atoms with van der Waals surface area (Å²) < 4.78 is 83.0. The molecule has 1 unspecified atom stereocenters. The first-order valence-corrected chi connectivity index (χ1v) is 34.0. The van der Waals surface area contributed by atoms with Gasteiger partial charge >= 0.3 is 28.6 Å². The number of nitrogens with zero attached hydrogens (tertiary/aromatic N) is 8. The third-order valence-corrected chi connectivity index (χ3v) is 16.4. The van der Waals surface area contributed by atoms with E-state index in [4.69, 9.17) is 32.5 Å². The van der Waals surface area contributed by atoms with Gasteiger partial charge in [-0.1, -0.05) is 75.0 Å². The van der Waals surface area contributed by atoms with Crippen LogP contribution < -0.4 is 5.32 Å². The molecule has 6 aromatic carbocycles. The average molecular weight is 1470 g/mol. The van der Waals surface area contributed by atoms with Crippen LogP contribution in [0.15, 0.2) is 171 Å². The van der Waals surface area contributed by atoms with Gasteiger partial charge in [0.1, 0.15) is 40.3 Å². The number of amides is 1. The Morgan fingerprint density at radius 2 is 1.21 bits per heavy atom. The summed E-state index contributed by atoms with van der Waals surface area (Å²) in [4.78, 5) is 60.8. The Morgan fingerprint density at radius 1 is 0.680 bits per heavy atom. The second-order valence-corrected chi connectivity index (χ2v) is 24.9. The Morgan fingerprint density at radius 3 is 1.74 bits per heavy atom. The molecule has 0 aliphatic carbocycles. The molecular weight excluding hydrogens is 1390 g/mol. The summed E-state index contributed by atoms with van der Waals surface area (Å²) in [6.45, 7) is 18.5. The molecule has 1 aliphatic heterocycles. The van der Waals surface area contributed by atoms with Crippen LogP contribution in [0, 0.1) is 37.1 Å². The maximum absolute atomic E-state index is 14.0. The number of benzene rings is 6. The minimum atomic E-state index is -2.08. The number of aliphatic hydroxyl groups excluding tert-OH is 1. The maximum atomic E-state index is 14.0. The summed E-state index contributed by atoms with van der Waals surface area (Å²) in [5, 5.41) is 34.7. The first kappa shape index (κ1) is 78.0. The van der Waals surface area contributed by atoms with Gasteiger partial charge in [0.05, 0.1) is 41.4 Å². The number of carbonyl (C=O) groups excluding carboxylic acids is 3. The molecule has 6 aromatic heterocycles. The molecule has 6 N–H and O–H groups in total. The number of ether oxygens (including phenoxy) is 2. The molecule has 0 bridgehead atoms. The van der Waals surface area contributed by atoms with Crippen LogP contribution in [-0.2, 0) is 30.2 Å². The number of ketones is 2. The van der Waals surface area contributed by atoms with Crippen molar-refractivity contribution in [3.05, 3.63) is 227 Å². The van der Waals surface area contributed by atoms with Gasteiger partial charge in [-0.15, -0.1) is 0 Å². The zero-order chi connectivity index (χ0) is 73.2. The molecule has 1 saturated heterocycles. The zero-order valence-electron chi connectivity index (χ0n) is 57.2. The average Bonchev–Trinajstić information content (AvgIpc) is 1.65. The molecule has 7 heterocycles. The van der Waals surface area contributed by atoms with Gasteiger partial charge < -0.3 is 39.9 Å². The van der Waals surface area contributed by atoms with Gasteiger partial charge in [0, 0.05) is 88.6 Å². The van der Waals surface area contributed by atoms with Gasteiger partial charge in [-0.3, -0.25) is 24.7 Å². The molecule has 21 nitrogen and oxygen atoms in total. The molecule has 0 spiro atoms. The molecular formula is C77H80F4N12O9Se. The van der Waals surface area contributed by atoms with E-state index in [0.717, 1.165) is 111 Å². The third-order valence-electron chi connectivity index (χ3n) is 16.4. The Hall–Kier alpha value is -10.7. The molecule has 12 aromatic rings. The number of hydrogen-bond acceptors (Lipinski definition) is 16. The van der Waals surface area contributed by atoms with E-state index >= 15 is 0 Å². The Bertz CT molecular complexity index is 4940. The fraction of sp³-hybridized carbons (Fsp3) is 0.260. The summed E-state index contributed by atoms with van der Waals surface area (Å²) in [7, 11) is 0.